The third-order valence-electron chi connectivity index (χ3n) is 5.70. The maximum absolute atomic E-state index is 14.1. The lowest BCUT2D eigenvalue weighted by Crippen LogP contribution is -2.41. The molecular formula is C28H23F9O7S. The standard InChI is InChI=1S/C28H23F9O7S/c1-15(2)23(38)41-10-8-25(29,30)43-28(36,37)44-26(31,32)9-11-45-18-6-4-16-12-20(24(39)42-22(16)14-18)19-7-5-17(40-3)13-21(19)27(33,34)35/h4-7,12-14H,1,8-11H2,2-3H3. The molecule has 17 heteroatoms. The molecule has 0 amide bonds. The van der Waals surface area contributed by atoms with Crippen LogP contribution in [-0.4, -0.2) is 44.0 Å². The molecule has 1 heterocycles. The van der Waals surface area contributed by atoms with Crippen LogP contribution in [0.3, 0.4) is 0 Å². The van der Waals surface area contributed by atoms with Gasteiger partial charge in [0.1, 0.15) is 11.3 Å². The average Bonchev–Trinajstić information content (AvgIpc) is 2.90. The zero-order valence-corrected chi connectivity index (χ0v) is 24.1. The second kappa shape index (κ2) is 13.7. The number of fused-ring (bicyclic) bond motifs is 1. The Morgan fingerprint density at radius 2 is 1.53 bits per heavy atom. The lowest BCUT2D eigenvalue weighted by atomic mass is 9.99. The number of alkyl halides is 9. The van der Waals surface area contributed by atoms with Gasteiger partial charge < -0.3 is 13.9 Å². The molecule has 0 N–H and O–H groups in total. The Balaban J connectivity index is 1.65. The SMILES string of the molecule is C=C(C)C(=O)OCCC(F)(F)OC(F)(F)OC(F)(F)CCSc1ccc2cc(-c3ccc(OC)cc3C(F)(F)F)c(=O)oc2c1. The monoisotopic (exact) mass is 674 g/mol. The van der Waals surface area contributed by atoms with Crippen molar-refractivity contribution in [3.05, 3.63) is 70.6 Å². The van der Waals surface area contributed by atoms with E-state index in [-0.39, 0.29) is 27.2 Å². The number of benzene rings is 2. The molecular weight excluding hydrogens is 651 g/mol. The van der Waals surface area contributed by atoms with E-state index in [4.69, 9.17) is 9.15 Å². The van der Waals surface area contributed by atoms with E-state index in [1.807, 2.05) is 0 Å². The summed E-state index contributed by atoms with van der Waals surface area (Å²) >= 11 is 0.660. The van der Waals surface area contributed by atoms with E-state index in [0.29, 0.717) is 11.8 Å². The zero-order chi connectivity index (χ0) is 33.8. The predicted molar refractivity (Wildman–Crippen MR) is 142 cm³/mol. The van der Waals surface area contributed by atoms with Crippen molar-refractivity contribution in [2.75, 3.05) is 19.5 Å². The molecule has 0 saturated carbocycles. The van der Waals surface area contributed by atoms with Crippen LogP contribution in [-0.2, 0) is 25.2 Å². The van der Waals surface area contributed by atoms with Gasteiger partial charge in [0.25, 0.3) is 0 Å². The first-order valence-corrected chi connectivity index (χ1v) is 13.5. The molecule has 3 aromatic rings. The fourth-order valence-corrected chi connectivity index (χ4v) is 4.56. The first kappa shape index (κ1) is 35.8. The minimum Gasteiger partial charge on any atom is -0.497 e. The first-order chi connectivity index (χ1) is 20.7. The topological polar surface area (TPSA) is 84.2 Å². The van der Waals surface area contributed by atoms with Crippen molar-refractivity contribution in [1.29, 1.82) is 0 Å². The fraction of sp³-hybridized carbons (Fsp3) is 0.357. The molecule has 0 aliphatic rings. The largest absolute Gasteiger partial charge is 0.497 e. The first-order valence-electron chi connectivity index (χ1n) is 12.5. The molecule has 3 rings (SSSR count). The van der Waals surface area contributed by atoms with Gasteiger partial charge in [-0.25, -0.2) is 19.1 Å². The van der Waals surface area contributed by atoms with E-state index >= 15 is 0 Å². The predicted octanol–water partition coefficient (Wildman–Crippen LogP) is 8.25. The van der Waals surface area contributed by atoms with Crippen molar-refractivity contribution in [2.45, 2.75) is 49.3 Å². The van der Waals surface area contributed by atoms with Crippen LogP contribution >= 0.6 is 11.8 Å². The summed E-state index contributed by atoms with van der Waals surface area (Å²) in [7, 11) is 1.17. The summed E-state index contributed by atoms with van der Waals surface area (Å²) in [6.07, 6.45) is -22.6. The van der Waals surface area contributed by atoms with Crippen LogP contribution in [0.4, 0.5) is 39.5 Å². The Hall–Kier alpha value is -3.70. The van der Waals surface area contributed by atoms with E-state index in [1.54, 1.807) is 0 Å². The second-order valence-electron chi connectivity index (χ2n) is 9.26. The van der Waals surface area contributed by atoms with Gasteiger partial charge in [0.2, 0.25) is 0 Å². The molecule has 45 heavy (non-hydrogen) atoms. The Bertz CT molecular complexity index is 1600. The molecule has 2 aromatic carbocycles. The van der Waals surface area contributed by atoms with Gasteiger partial charge in [0.05, 0.1) is 31.3 Å². The Morgan fingerprint density at radius 1 is 0.889 bits per heavy atom. The molecule has 0 unspecified atom stereocenters. The van der Waals surface area contributed by atoms with E-state index < -0.39 is 78.2 Å². The van der Waals surface area contributed by atoms with E-state index in [0.717, 1.165) is 18.2 Å². The van der Waals surface area contributed by atoms with Crippen LogP contribution in [0.15, 0.2) is 68.7 Å². The summed E-state index contributed by atoms with van der Waals surface area (Å²) in [6, 6.07) is 8.02. The summed E-state index contributed by atoms with van der Waals surface area (Å²) in [6.45, 7) is 3.31. The highest BCUT2D eigenvalue weighted by atomic mass is 32.2. The number of carbonyl (C=O) groups excluding carboxylic acids is 1. The van der Waals surface area contributed by atoms with Gasteiger partial charge in [-0.05, 0) is 43.3 Å². The Kier molecular flexibility index (Phi) is 10.9. The molecule has 0 radical (unpaired) electrons. The average molecular weight is 675 g/mol. The lowest BCUT2D eigenvalue weighted by molar-refractivity contribution is -0.514. The smallest absolute Gasteiger partial charge is 0.494 e. The highest BCUT2D eigenvalue weighted by Gasteiger charge is 2.51. The number of hydrogen-bond donors (Lipinski definition) is 0. The number of methoxy groups -OCH3 is 1. The van der Waals surface area contributed by atoms with Gasteiger partial charge >= 0.3 is 36.3 Å². The van der Waals surface area contributed by atoms with Crippen molar-refractivity contribution < 1.29 is 67.7 Å². The van der Waals surface area contributed by atoms with Crippen LogP contribution in [0.5, 0.6) is 5.75 Å². The van der Waals surface area contributed by atoms with E-state index in [1.165, 1.54) is 38.3 Å². The third kappa shape index (κ3) is 10.2. The van der Waals surface area contributed by atoms with Crippen LogP contribution < -0.4 is 10.4 Å². The molecule has 0 bridgehead atoms. The maximum atomic E-state index is 14.1. The minimum absolute atomic E-state index is 0.0955. The van der Waals surface area contributed by atoms with E-state index in [9.17, 15) is 49.1 Å². The van der Waals surface area contributed by atoms with Crippen molar-refractivity contribution in [1.82, 2.24) is 0 Å². The molecule has 0 saturated heterocycles. The molecule has 246 valence electrons. The number of carbonyl (C=O) groups is 1. The molecule has 7 nitrogen and oxygen atoms in total. The number of hydrogen-bond acceptors (Lipinski definition) is 8. The fourth-order valence-electron chi connectivity index (χ4n) is 3.63. The minimum atomic E-state index is -5.43. The third-order valence-corrected chi connectivity index (χ3v) is 6.70. The molecule has 1 aromatic heterocycles. The van der Waals surface area contributed by atoms with Crippen LogP contribution in [0.25, 0.3) is 22.1 Å². The number of rotatable bonds is 14. The Labute approximate surface area is 252 Å². The van der Waals surface area contributed by atoms with Crippen LogP contribution in [0.1, 0.15) is 25.3 Å². The van der Waals surface area contributed by atoms with Crippen molar-refractivity contribution in [3.8, 4) is 16.9 Å². The maximum Gasteiger partial charge on any atom is 0.494 e. The molecule has 0 aliphatic carbocycles. The molecule has 0 aliphatic heterocycles. The van der Waals surface area contributed by atoms with Gasteiger partial charge in [0.15, 0.2) is 0 Å². The highest BCUT2D eigenvalue weighted by molar-refractivity contribution is 7.99. The number of thioether (sulfide) groups is 1. The van der Waals surface area contributed by atoms with E-state index in [2.05, 4.69) is 20.8 Å². The van der Waals surface area contributed by atoms with Gasteiger partial charge in [-0.1, -0.05) is 12.6 Å². The van der Waals surface area contributed by atoms with Crippen molar-refractivity contribution in [2.24, 2.45) is 0 Å². The molecule has 0 fully saturated rings. The second-order valence-corrected chi connectivity index (χ2v) is 10.4. The summed E-state index contributed by atoms with van der Waals surface area (Å²) in [5.41, 5.74) is -3.42. The van der Waals surface area contributed by atoms with Gasteiger partial charge in [-0.15, -0.1) is 20.5 Å². The number of ether oxygens (including phenoxy) is 4. The van der Waals surface area contributed by atoms with Gasteiger partial charge in [-0.2, -0.15) is 30.7 Å². The summed E-state index contributed by atoms with van der Waals surface area (Å²) in [5.74, 6) is -1.78. The van der Waals surface area contributed by atoms with Crippen LogP contribution in [0, 0.1) is 0 Å². The number of esters is 1. The lowest BCUT2D eigenvalue weighted by Gasteiger charge is -2.26. The van der Waals surface area contributed by atoms with Crippen LogP contribution in [0.2, 0.25) is 0 Å². The quantitative estimate of drug-likeness (QED) is 0.0422. The summed E-state index contributed by atoms with van der Waals surface area (Å²) in [5, 5.41) is 0.179. The normalized spacial score (nSPS) is 12.8. The summed E-state index contributed by atoms with van der Waals surface area (Å²) in [4.78, 5) is 24.0. The molecule has 0 spiro atoms. The Morgan fingerprint density at radius 3 is 2.13 bits per heavy atom. The van der Waals surface area contributed by atoms with Gasteiger partial charge in [0, 0.05) is 33.6 Å². The highest BCUT2D eigenvalue weighted by Crippen LogP contribution is 2.40. The van der Waals surface area contributed by atoms with Crippen molar-refractivity contribution >= 4 is 28.7 Å². The molecule has 0 atom stereocenters. The summed E-state index contributed by atoms with van der Waals surface area (Å²) < 4.78 is 144. The number of halogens is 9. The zero-order valence-electron chi connectivity index (χ0n) is 23.2. The van der Waals surface area contributed by atoms with Crippen molar-refractivity contribution in [3.63, 3.8) is 0 Å². The van der Waals surface area contributed by atoms with Gasteiger partial charge in [-0.3, -0.25) is 0 Å².